The molecule has 0 atom stereocenters. The maximum Gasteiger partial charge on any atom is 0.0136 e. The van der Waals surface area contributed by atoms with Gasteiger partial charge in [-0.2, -0.15) is 0 Å². The Morgan fingerprint density at radius 2 is 1.79 bits per heavy atom. The molecule has 19 heavy (non-hydrogen) atoms. The van der Waals surface area contributed by atoms with Crippen LogP contribution < -0.4 is 0 Å². The summed E-state index contributed by atoms with van der Waals surface area (Å²) in [5.74, 6) is 0.667. The molecular weight excluding hydrogens is 248 g/mol. The fourth-order valence-electron chi connectivity index (χ4n) is 2.40. The standard InChI is InChI=1S/C18H32S/c1-7-9-10-11-12-15-13-16(14(3)4)19-17(15)18(5,6)8-2/h13-14H,7-12H2,1-6H3. The maximum atomic E-state index is 2.49. The molecule has 1 aromatic rings. The number of rotatable bonds is 8. The summed E-state index contributed by atoms with van der Waals surface area (Å²) in [5, 5.41) is 0. The molecule has 0 radical (unpaired) electrons. The second-order valence-corrected chi connectivity index (χ2v) is 7.79. The first-order chi connectivity index (χ1) is 8.92. The normalized spacial score (nSPS) is 12.4. The van der Waals surface area contributed by atoms with Crippen LogP contribution >= 0.6 is 11.3 Å². The average Bonchev–Trinajstić information content (AvgIpc) is 2.80. The number of thiophene rings is 1. The summed E-state index contributed by atoms with van der Waals surface area (Å²) in [6.45, 7) is 14.0. The summed E-state index contributed by atoms with van der Waals surface area (Å²) in [4.78, 5) is 3.22. The lowest BCUT2D eigenvalue weighted by molar-refractivity contribution is 0.510. The molecule has 110 valence electrons. The molecular formula is C18H32S. The van der Waals surface area contributed by atoms with E-state index in [4.69, 9.17) is 0 Å². The van der Waals surface area contributed by atoms with Crippen molar-refractivity contribution in [1.82, 2.24) is 0 Å². The van der Waals surface area contributed by atoms with E-state index in [9.17, 15) is 0 Å². The zero-order valence-corrected chi connectivity index (χ0v) is 14.6. The van der Waals surface area contributed by atoms with Crippen molar-refractivity contribution in [2.45, 2.75) is 91.4 Å². The van der Waals surface area contributed by atoms with Crippen molar-refractivity contribution in [3.8, 4) is 0 Å². The minimum Gasteiger partial charge on any atom is -0.144 e. The molecule has 0 saturated heterocycles. The van der Waals surface area contributed by atoms with Gasteiger partial charge in [-0.25, -0.2) is 0 Å². The average molecular weight is 281 g/mol. The Balaban J connectivity index is 2.87. The third-order valence-corrected chi connectivity index (χ3v) is 6.04. The third-order valence-electron chi connectivity index (χ3n) is 4.20. The molecule has 1 aromatic heterocycles. The maximum absolute atomic E-state index is 2.49. The van der Waals surface area contributed by atoms with Crippen LogP contribution in [0, 0.1) is 0 Å². The number of hydrogen-bond donors (Lipinski definition) is 0. The van der Waals surface area contributed by atoms with E-state index < -0.39 is 0 Å². The zero-order chi connectivity index (χ0) is 14.5. The van der Waals surface area contributed by atoms with Gasteiger partial charge in [0, 0.05) is 9.75 Å². The van der Waals surface area contributed by atoms with Crippen LogP contribution in [-0.4, -0.2) is 0 Å². The first kappa shape index (κ1) is 16.8. The molecule has 0 fully saturated rings. The smallest absolute Gasteiger partial charge is 0.0136 e. The summed E-state index contributed by atoms with van der Waals surface area (Å²) in [6.07, 6.45) is 7.96. The van der Waals surface area contributed by atoms with Crippen molar-refractivity contribution in [2.75, 3.05) is 0 Å². The van der Waals surface area contributed by atoms with E-state index in [1.165, 1.54) is 38.5 Å². The first-order valence-corrected chi connectivity index (χ1v) is 8.87. The van der Waals surface area contributed by atoms with Crippen molar-refractivity contribution >= 4 is 11.3 Å². The zero-order valence-electron chi connectivity index (χ0n) is 13.8. The molecule has 0 unspecified atom stereocenters. The van der Waals surface area contributed by atoms with Crippen molar-refractivity contribution in [3.05, 3.63) is 21.4 Å². The van der Waals surface area contributed by atoms with Crippen LogP contribution in [0.2, 0.25) is 0 Å². The van der Waals surface area contributed by atoms with Crippen LogP contribution in [0.15, 0.2) is 6.07 Å². The van der Waals surface area contributed by atoms with Crippen LogP contribution in [0.4, 0.5) is 0 Å². The molecule has 0 spiro atoms. The van der Waals surface area contributed by atoms with Crippen molar-refractivity contribution < 1.29 is 0 Å². The van der Waals surface area contributed by atoms with Crippen molar-refractivity contribution in [2.24, 2.45) is 0 Å². The molecule has 0 saturated carbocycles. The quantitative estimate of drug-likeness (QED) is 0.466. The predicted octanol–water partition coefficient (Wildman–Crippen LogP) is 6.68. The monoisotopic (exact) mass is 280 g/mol. The molecule has 0 amide bonds. The fraction of sp³-hybridized carbons (Fsp3) is 0.778. The molecule has 0 aliphatic rings. The van der Waals surface area contributed by atoms with E-state index in [0.29, 0.717) is 11.3 Å². The first-order valence-electron chi connectivity index (χ1n) is 8.05. The highest BCUT2D eigenvalue weighted by atomic mass is 32.1. The van der Waals surface area contributed by atoms with E-state index in [-0.39, 0.29) is 0 Å². The van der Waals surface area contributed by atoms with Crippen LogP contribution in [0.3, 0.4) is 0 Å². The highest BCUT2D eigenvalue weighted by Crippen LogP contribution is 2.39. The van der Waals surface area contributed by atoms with Gasteiger partial charge in [-0.1, -0.05) is 60.8 Å². The van der Waals surface area contributed by atoms with Crippen LogP contribution in [0.5, 0.6) is 0 Å². The van der Waals surface area contributed by atoms with E-state index >= 15 is 0 Å². The second-order valence-electron chi connectivity index (χ2n) is 6.71. The Morgan fingerprint density at radius 3 is 2.32 bits per heavy atom. The van der Waals surface area contributed by atoms with Gasteiger partial charge in [0.1, 0.15) is 0 Å². The SMILES string of the molecule is CCCCCCc1cc(C(C)C)sc1C(C)(C)CC. The summed E-state index contributed by atoms with van der Waals surface area (Å²) in [7, 11) is 0. The van der Waals surface area contributed by atoms with Crippen molar-refractivity contribution in [3.63, 3.8) is 0 Å². The topological polar surface area (TPSA) is 0 Å². The van der Waals surface area contributed by atoms with Gasteiger partial charge in [-0.05, 0) is 42.2 Å². The number of hydrogen-bond acceptors (Lipinski definition) is 1. The number of unbranched alkanes of at least 4 members (excludes halogenated alkanes) is 3. The largest absolute Gasteiger partial charge is 0.144 e. The van der Waals surface area contributed by atoms with Gasteiger partial charge in [-0.3, -0.25) is 0 Å². The Labute approximate surface area is 124 Å². The van der Waals surface area contributed by atoms with Gasteiger partial charge in [-0.15, -0.1) is 11.3 Å². The third kappa shape index (κ3) is 4.63. The van der Waals surface area contributed by atoms with E-state index in [2.05, 4.69) is 58.9 Å². The van der Waals surface area contributed by atoms with Crippen LogP contribution in [0.1, 0.15) is 94.9 Å². The Morgan fingerprint density at radius 1 is 1.11 bits per heavy atom. The van der Waals surface area contributed by atoms with Gasteiger partial charge in [0.15, 0.2) is 0 Å². The summed E-state index contributed by atoms with van der Waals surface area (Å²) in [6, 6.07) is 2.49. The Kier molecular flexibility index (Phi) is 6.59. The predicted molar refractivity (Wildman–Crippen MR) is 89.6 cm³/mol. The minimum absolute atomic E-state index is 0.345. The van der Waals surface area contributed by atoms with Gasteiger partial charge in [0.05, 0.1) is 0 Å². The Hall–Kier alpha value is -0.300. The van der Waals surface area contributed by atoms with E-state index in [0.717, 1.165) is 0 Å². The molecule has 1 rings (SSSR count). The number of aryl methyl sites for hydroxylation is 1. The lowest BCUT2D eigenvalue weighted by Gasteiger charge is -2.23. The highest BCUT2D eigenvalue weighted by Gasteiger charge is 2.24. The lowest BCUT2D eigenvalue weighted by atomic mass is 9.85. The van der Waals surface area contributed by atoms with E-state index in [1.54, 1.807) is 15.3 Å². The molecule has 0 bridgehead atoms. The van der Waals surface area contributed by atoms with Gasteiger partial charge >= 0.3 is 0 Å². The molecule has 0 aliphatic carbocycles. The van der Waals surface area contributed by atoms with Crippen molar-refractivity contribution in [1.29, 1.82) is 0 Å². The summed E-state index contributed by atoms with van der Waals surface area (Å²) >= 11 is 2.06. The van der Waals surface area contributed by atoms with Crippen LogP contribution in [0.25, 0.3) is 0 Å². The molecule has 1 heterocycles. The van der Waals surface area contributed by atoms with Gasteiger partial charge in [0.2, 0.25) is 0 Å². The summed E-state index contributed by atoms with van der Waals surface area (Å²) in [5.41, 5.74) is 1.98. The minimum atomic E-state index is 0.345. The van der Waals surface area contributed by atoms with E-state index in [1.807, 2.05) is 0 Å². The molecule has 0 nitrogen and oxygen atoms in total. The lowest BCUT2D eigenvalue weighted by Crippen LogP contribution is -2.15. The highest BCUT2D eigenvalue weighted by molar-refractivity contribution is 7.12. The fourth-order valence-corrected chi connectivity index (χ4v) is 3.78. The molecule has 0 N–H and O–H groups in total. The molecule has 0 aromatic carbocycles. The summed E-state index contributed by atoms with van der Waals surface area (Å²) < 4.78 is 0. The van der Waals surface area contributed by atoms with Gasteiger partial charge < -0.3 is 0 Å². The van der Waals surface area contributed by atoms with Gasteiger partial charge in [0.25, 0.3) is 0 Å². The molecule has 0 aliphatic heterocycles. The molecule has 1 heteroatoms. The van der Waals surface area contributed by atoms with Crippen LogP contribution in [-0.2, 0) is 11.8 Å². The second kappa shape index (κ2) is 7.47. The Bertz CT molecular complexity index is 371.